The lowest BCUT2D eigenvalue weighted by Crippen LogP contribution is -2.36. The van der Waals surface area contributed by atoms with Gasteiger partial charge in [0.1, 0.15) is 6.61 Å². The van der Waals surface area contributed by atoms with Crippen LogP contribution in [0.4, 0.5) is 10.5 Å². The Labute approximate surface area is 180 Å². The van der Waals surface area contributed by atoms with Crippen molar-refractivity contribution < 1.29 is 23.9 Å². The van der Waals surface area contributed by atoms with Gasteiger partial charge in [-0.2, -0.15) is 11.8 Å². The maximum atomic E-state index is 12.0. The predicted molar refractivity (Wildman–Crippen MR) is 111 cm³/mol. The molecule has 1 aromatic carbocycles. The van der Waals surface area contributed by atoms with Crippen LogP contribution in [0.1, 0.15) is 25.7 Å². The van der Waals surface area contributed by atoms with E-state index in [0.29, 0.717) is 24.0 Å². The number of amides is 3. The molecule has 4 rings (SSSR count). The molecule has 0 radical (unpaired) electrons. The van der Waals surface area contributed by atoms with Gasteiger partial charge in [-0.15, -0.1) is 0 Å². The molecule has 2 aromatic rings. The number of ether oxygens (including phenoxy) is 1. The molecule has 166 valence electrons. The van der Waals surface area contributed by atoms with Gasteiger partial charge in [-0.05, 0) is 29.2 Å². The molecule has 2 aliphatic rings. The number of rotatable bonds is 10. The lowest BCUT2D eigenvalue weighted by atomic mass is 10.0. The van der Waals surface area contributed by atoms with E-state index in [1.54, 1.807) is 0 Å². The fourth-order valence-corrected chi connectivity index (χ4v) is 5.35. The number of nitrogens with zero attached hydrogens (tertiary/aromatic N) is 3. The highest BCUT2D eigenvalue weighted by Crippen LogP contribution is 2.33. The number of aromatic nitrogens is 2. The minimum absolute atomic E-state index is 0.0197. The summed E-state index contributed by atoms with van der Waals surface area (Å²) in [5, 5.41) is 27.3. The Kier molecular flexibility index (Phi) is 6.39. The molecule has 3 heterocycles. The van der Waals surface area contributed by atoms with Crippen molar-refractivity contribution >= 4 is 40.4 Å². The largest absolute Gasteiger partial charge is 0.489 e. The molecule has 13 heteroatoms. The van der Waals surface area contributed by atoms with E-state index in [2.05, 4.69) is 30.9 Å². The number of carbonyl (C=O) groups excluding carboxylic acids is 2. The summed E-state index contributed by atoms with van der Waals surface area (Å²) in [6.45, 7) is 0.475. The third-order valence-electron chi connectivity index (χ3n) is 5.32. The van der Waals surface area contributed by atoms with E-state index in [1.165, 1.54) is 12.1 Å². The van der Waals surface area contributed by atoms with Crippen LogP contribution in [0.2, 0.25) is 0 Å². The lowest BCUT2D eigenvalue weighted by Gasteiger charge is -2.16. The number of carbonyl (C=O) groups is 2. The van der Waals surface area contributed by atoms with Crippen LogP contribution in [-0.4, -0.2) is 63.4 Å². The Morgan fingerprint density at radius 2 is 2.16 bits per heavy atom. The van der Waals surface area contributed by atoms with Gasteiger partial charge < -0.3 is 20.7 Å². The Bertz CT molecular complexity index is 984. The van der Waals surface area contributed by atoms with E-state index in [9.17, 15) is 19.7 Å². The standard InChI is InChI=1S/C18H22N6O6S/c25-14(4-2-1-3-13-15-10(9-31-13)20-18(26)21-15)19-7-8-29-12-6-5-11(24(27)28)16-17(12)23-30-22-16/h5-6,10,13,15H,1-4,7-9H2,(H,19,25)(H2,20,21,26)/t10-,13-,15-/m0/s1. The molecular formula is C18H22N6O6S. The zero-order chi connectivity index (χ0) is 21.8. The lowest BCUT2D eigenvalue weighted by molar-refractivity contribution is -0.383. The number of hydrogen-bond donors (Lipinski definition) is 3. The number of thioether (sulfide) groups is 1. The number of fused-ring (bicyclic) bond motifs is 2. The summed E-state index contributed by atoms with van der Waals surface area (Å²) in [4.78, 5) is 33.8. The van der Waals surface area contributed by atoms with Gasteiger partial charge in [0.05, 0.1) is 23.6 Å². The number of unbranched alkanes of at least 4 members (excludes halogenated alkanes) is 1. The molecule has 3 amide bonds. The highest BCUT2D eigenvalue weighted by atomic mass is 32.2. The van der Waals surface area contributed by atoms with Crippen molar-refractivity contribution in [2.24, 2.45) is 0 Å². The SMILES string of the molecule is O=C(CCCC[C@@H]1SC[C@@H]2NC(=O)N[C@@H]21)NCCOc1ccc([N+](=O)[O-])c2nonc12. The third-order valence-corrected chi connectivity index (χ3v) is 6.82. The van der Waals surface area contributed by atoms with Crippen LogP contribution in [0.3, 0.4) is 0 Å². The highest BCUT2D eigenvalue weighted by molar-refractivity contribution is 8.00. The van der Waals surface area contributed by atoms with Crippen LogP contribution < -0.4 is 20.7 Å². The van der Waals surface area contributed by atoms with Crippen LogP contribution >= 0.6 is 11.8 Å². The van der Waals surface area contributed by atoms with Crippen LogP contribution in [0.15, 0.2) is 16.8 Å². The average Bonchev–Trinajstić information content (AvgIpc) is 3.44. The van der Waals surface area contributed by atoms with Crippen molar-refractivity contribution in [3.8, 4) is 5.75 Å². The Balaban J connectivity index is 1.13. The first-order valence-electron chi connectivity index (χ1n) is 10.0. The molecule has 0 saturated carbocycles. The first kappa shape index (κ1) is 21.2. The molecule has 3 N–H and O–H groups in total. The minimum Gasteiger partial charge on any atom is -0.489 e. The van der Waals surface area contributed by atoms with Crippen LogP contribution in [0.25, 0.3) is 11.0 Å². The molecule has 0 aliphatic carbocycles. The molecule has 1 aromatic heterocycles. The van der Waals surface area contributed by atoms with Crippen molar-refractivity contribution in [1.29, 1.82) is 0 Å². The first-order valence-corrected chi connectivity index (χ1v) is 11.1. The summed E-state index contributed by atoms with van der Waals surface area (Å²) in [6.07, 6.45) is 3.08. The molecule has 2 aliphatic heterocycles. The fourth-order valence-electron chi connectivity index (χ4n) is 3.81. The van der Waals surface area contributed by atoms with Crippen LogP contribution in [0.5, 0.6) is 5.75 Å². The first-order chi connectivity index (χ1) is 15.0. The maximum Gasteiger partial charge on any atom is 0.315 e. The monoisotopic (exact) mass is 450 g/mol. The van der Waals surface area contributed by atoms with Gasteiger partial charge in [0, 0.05) is 23.5 Å². The number of hydrogen-bond acceptors (Lipinski definition) is 9. The van der Waals surface area contributed by atoms with E-state index in [1.807, 2.05) is 11.8 Å². The summed E-state index contributed by atoms with van der Waals surface area (Å²) in [5.41, 5.74) is -0.0255. The van der Waals surface area contributed by atoms with Gasteiger partial charge in [0.25, 0.3) is 0 Å². The van der Waals surface area contributed by atoms with E-state index in [0.717, 1.165) is 25.0 Å². The van der Waals surface area contributed by atoms with Gasteiger partial charge in [0.2, 0.25) is 11.4 Å². The topological polar surface area (TPSA) is 162 Å². The van der Waals surface area contributed by atoms with Crippen molar-refractivity contribution in [3.63, 3.8) is 0 Å². The number of urea groups is 1. The predicted octanol–water partition coefficient (Wildman–Crippen LogP) is 1.35. The van der Waals surface area contributed by atoms with Gasteiger partial charge in [0.15, 0.2) is 11.3 Å². The average molecular weight is 450 g/mol. The summed E-state index contributed by atoms with van der Waals surface area (Å²) < 4.78 is 10.1. The van der Waals surface area contributed by atoms with Crippen molar-refractivity contribution in [2.75, 3.05) is 18.9 Å². The Hall–Kier alpha value is -3.09. The summed E-state index contributed by atoms with van der Waals surface area (Å²) >= 11 is 1.87. The normalized spacial score (nSPS) is 22.1. The molecule has 3 atom stereocenters. The molecular weight excluding hydrogens is 428 g/mol. The second-order valence-electron chi connectivity index (χ2n) is 7.37. The van der Waals surface area contributed by atoms with E-state index >= 15 is 0 Å². The minimum atomic E-state index is -0.569. The van der Waals surface area contributed by atoms with Gasteiger partial charge in [-0.1, -0.05) is 6.42 Å². The molecule has 12 nitrogen and oxygen atoms in total. The fraction of sp³-hybridized carbons (Fsp3) is 0.556. The van der Waals surface area contributed by atoms with Gasteiger partial charge in [-0.3, -0.25) is 14.9 Å². The van der Waals surface area contributed by atoms with Crippen LogP contribution in [0, 0.1) is 10.1 Å². The molecule has 31 heavy (non-hydrogen) atoms. The second-order valence-corrected chi connectivity index (χ2v) is 8.64. The molecule has 0 bridgehead atoms. The molecule has 0 spiro atoms. The van der Waals surface area contributed by atoms with Crippen LogP contribution in [-0.2, 0) is 4.79 Å². The number of non-ortho nitro benzene ring substituents is 1. The van der Waals surface area contributed by atoms with Gasteiger partial charge >= 0.3 is 11.7 Å². The summed E-state index contributed by atoms with van der Waals surface area (Å²) in [6, 6.07) is 3.03. The quantitative estimate of drug-likeness (QED) is 0.210. The number of nitro benzene ring substituents is 1. The molecule has 0 unspecified atom stereocenters. The number of nitro groups is 1. The number of benzene rings is 1. The zero-order valence-electron chi connectivity index (χ0n) is 16.5. The number of nitrogens with one attached hydrogen (secondary N) is 3. The zero-order valence-corrected chi connectivity index (χ0v) is 17.4. The Morgan fingerprint density at radius 1 is 1.32 bits per heavy atom. The van der Waals surface area contributed by atoms with Gasteiger partial charge in [-0.25, -0.2) is 9.42 Å². The molecule has 2 saturated heterocycles. The smallest absolute Gasteiger partial charge is 0.315 e. The van der Waals surface area contributed by atoms with E-state index < -0.39 is 4.92 Å². The van der Waals surface area contributed by atoms with E-state index in [-0.39, 0.29) is 47.3 Å². The summed E-state index contributed by atoms with van der Waals surface area (Å²) in [5.74, 6) is 1.17. The maximum absolute atomic E-state index is 12.0. The van der Waals surface area contributed by atoms with Crippen molar-refractivity contribution in [3.05, 3.63) is 22.2 Å². The highest BCUT2D eigenvalue weighted by Gasteiger charge is 2.42. The molecule has 2 fully saturated rings. The second kappa shape index (κ2) is 9.37. The van der Waals surface area contributed by atoms with Crippen molar-refractivity contribution in [1.82, 2.24) is 26.3 Å². The van der Waals surface area contributed by atoms with E-state index in [4.69, 9.17) is 4.74 Å². The van der Waals surface area contributed by atoms with Crippen molar-refractivity contribution in [2.45, 2.75) is 43.0 Å². The third kappa shape index (κ3) is 4.81. The Morgan fingerprint density at radius 3 is 3.00 bits per heavy atom. The summed E-state index contributed by atoms with van der Waals surface area (Å²) in [7, 11) is 0.